The zero-order chi connectivity index (χ0) is 25.8. The van der Waals surface area contributed by atoms with Crippen LogP contribution in [0.1, 0.15) is 47.4 Å². The van der Waals surface area contributed by atoms with Gasteiger partial charge in [0.05, 0.1) is 34.4 Å². The minimum Gasteiger partial charge on any atom is -0.350 e. The number of hydrogen-bond acceptors (Lipinski definition) is 3. The summed E-state index contributed by atoms with van der Waals surface area (Å²) in [6.45, 7) is 6.25. The van der Waals surface area contributed by atoms with E-state index in [0.29, 0.717) is 5.56 Å². The number of amides is 1. The van der Waals surface area contributed by atoms with Gasteiger partial charge in [-0.25, -0.2) is 9.67 Å². The van der Waals surface area contributed by atoms with Crippen LogP contribution in [0.25, 0.3) is 27.8 Å². The van der Waals surface area contributed by atoms with E-state index in [4.69, 9.17) is 4.98 Å². The van der Waals surface area contributed by atoms with Crippen molar-refractivity contribution in [1.29, 1.82) is 0 Å². The Balaban J connectivity index is 1.43. The second-order valence-electron chi connectivity index (χ2n) is 9.55. The minimum absolute atomic E-state index is 0.0404. The second-order valence-corrected chi connectivity index (χ2v) is 9.55. The molecular weight excluding hydrogens is 456 g/mol. The Labute approximate surface area is 218 Å². The number of nitrogens with zero attached hydrogens (tertiary/aromatic N) is 3. The first-order chi connectivity index (χ1) is 18.0. The van der Waals surface area contributed by atoms with Crippen LogP contribution in [-0.2, 0) is 12.8 Å². The number of para-hydroxylation sites is 1. The molecule has 37 heavy (non-hydrogen) atoms. The van der Waals surface area contributed by atoms with Crippen LogP contribution in [0.15, 0.2) is 91.1 Å². The molecule has 2 heterocycles. The zero-order valence-electron chi connectivity index (χ0n) is 21.6. The summed E-state index contributed by atoms with van der Waals surface area (Å²) in [5.41, 5.74) is 7.64. The number of pyridine rings is 1. The molecule has 5 nitrogen and oxygen atoms in total. The standard InChI is InChI=1S/C32H32N4O/c1-4-24-16-18-26(19-17-24)36-23(3)29(21-33-36)31-20-28(27-12-8-9-13-30(27)35-31)32(37)34-22(2)14-15-25-10-6-5-7-11-25/h5-13,16-22H,4,14-15H2,1-3H3,(H,34,37)/t22-/m0/s1. The van der Waals surface area contributed by atoms with E-state index in [1.807, 2.05) is 66.3 Å². The van der Waals surface area contributed by atoms with Crippen molar-refractivity contribution in [2.45, 2.75) is 46.1 Å². The van der Waals surface area contributed by atoms with Crippen LogP contribution in [-0.4, -0.2) is 26.7 Å². The van der Waals surface area contributed by atoms with Crippen LogP contribution < -0.4 is 5.32 Å². The number of fused-ring (bicyclic) bond motifs is 1. The first kappa shape index (κ1) is 24.4. The molecule has 0 aliphatic rings. The van der Waals surface area contributed by atoms with Gasteiger partial charge in [-0.2, -0.15) is 5.10 Å². The highest BCUT2D eigenvalue weighted by atomic mass is 16.1. The number of rotatable bonds is 8. The molecule has 1 atom stereocenters. The van der Waals surface area contributed by atoms with Crippen LogP contribution in [0.3, 0.4) is 0 Å². The summed E-state index contributed by atoms with van der Waals surface area (Å²) < 4.78 is 1.93. The Morgan fingerprint density at radius 2 is 1.68 bits per heavy atom. The highest BCUT2D eigenvalue weighted by Gasteiger charge is 2.18. The van der Waals surface area contributed by atoms with E-state index in [9.17, 15) is 4.79 Å². The molecule has 0 aliphatic heterocycles. The Bertz CT molecular complexity index is 1520. The van der Waals surface area contributed by atoms with Gasteiger partial charge in [0.25, 0.3) is 5.91 Å². The maximum absolute atomic E-state index is 13.5. The zero-order valence-corrected chi connectivity index (χ0v) is 21.6. The van der Waals surface area contributed by atoms with Crippen LogP contribution in [0.5, 0.6) is 0 Å². The van der Waals surface area contributed by atoms with Crippen molar-refractivity contribution in [1.82, 2.24) is 20.1 Å². The second kappa shape index (κ2) is 10.8. The smallest absolute Gasteiger partial charge is 0.252 e. The van der Waals surface area contributed by atoms with E-state index in [1.54, 1.807) is 0 Å². The Morgan fingerprint density at radius 1 is 0.946 bits per heavy atom. The Morgan fingerprint density at radius 3 is 2.43 bits per heavy atom. The summed E-state index contributed by atoms with van der Waals surface area (Å²) in [6, 6.07) is 28.6. The lowest BCUT2D eigenvalue weighted by Gasteiger charge is -2.16. The predicted octanol–water partition coefficient (Wildman–Crippen LogP) is 6.71. The number of aromatic nitrogens is 3. The molecule has 5 heteroatoms. The average molecular weight is 489 g/mol. The quantitative estimate of drug-likeness (QED) is 0.264. The molecule has 0 saturated heterocycles. The third kappa shape index (κ3) is 5.31. The van der Waals surface area contributed by atoms with Crippen molar-refractivity contribution in [3.8, 4) is 16.9 Å². The van der Waals surface area contributed by atoms with Crippen molar-refractivity contribution in [3.63, 3.8) is 0 Å². The number of carbonyl (C=O) groups excluding carboxylic acids is 1. The average Bonchev–Trinajstić information content (AvgIpc) is 3.33. The van der Waals surface area contributed by atoms with E-state index in [1.165, 1.54) is 11.1 Å². The van der Waals surface area contributed by atoms with E-state index < -0.39 is 0 Å². The highest BCUT2D eigenvalue weighted by molar-refractivity contribution is 6.07. The summed E-state index contributed by atoms with van der Waals surface area (Å²) in [6.07, 6.45) is 4.63. The van der Waals surface area contributed by atoms with Crippen LogP contribution in [0.4, 0.5) is 0 Å². The summed E-state index contributed by atoms with van der Waals surface area (Å²) >= 11 is 0. The molecule has 0 aliphatic carbocycles. The van der Waals surface area contributed by atoms with Gasteiger partial charge >= 0.3 is 0 Å². The van der Waals surface area contributed by atoms with Gasteiger partial charge in [0.15, 0.2) is 0 Å². The van der Waals surface area contributed by atoms with Crippen molar-refractivity contribution < 1.29 is 4.79 Å². The molecule has 186 valence electrons. The first-order valence-corrected chi connectivity index (χ1v) is 12.9. The highest BCUT2D eigenvalue weighted by Crippen LogP contribution is 2.28. The normalized spacial score (nSPS) is 12.0. The third-order valence-corrected chi connectivity index (χ3v) is 6.92. The molecule has 0 spiro atoms. The topological polar surface area (TPSA) is 59.8 Å². The van der Waals surface area contributed by atoms with E-state index in [0.717, 1.165) is 52.8 Å². The molecule has 3 aromatic carbocycles. The molecule has 5 aromatic rings. The lowest BCUT2D eigenvalue weighted by molar-refractivity contribution is 0.0940. The molecule has 0 saturated carbocycles. The van der Waals surface area contributed by atoms with Crippen LogP contribution in [0.2, 0.25) is 0 Å². The van der Waals surface area contributed by atoms with Crippen LogP contribution in [0, 0.1) is 6.92 Å². The van der Waals surface area contributed by atoms with Gasteiger partial charge in [-0.1, -0.05) is 67.6 Å². The molecule has 2 aromatic heterocycles. The van der Waals surface area contributed by atoms with Gasteiger partial charge in [0, 0.05) is 17.0 Å². The first-order valence-electron chi connectivity index (χ1n) is 12.9. The monoisotopic (exact) mass is 488 g/mol. The van der Waals surface area contributed by atoms with Gasteiger partial charge in [-0.15, -0.1) is 0 Å². The van der Waals surface area contributed by atoms with Gasteiger partial charge in [-0.3, -0.25) is 4.79 Å². The lowest BCUT2D eigenvalue weighted by atomic mass is 10.0. The summed E-state index contributed by atoms with van der Waals surface area (Å²) in [5, 5.41) is 8.70. The fourth-order valence-electron chi connectivity index (χ4n) is 4.70. The van der Waals surface area contributed by atoms with Gasteiger partial charge in [-0.05, 0) is 68.5 Å². The number of benzene rings is 3. The van der Waals surface area contributed by atoms with Gasteiger partial charge in [0.2, 0.25) is 0 Å². The number of hydrogen-bond donors (Lipinski definition) is 1. The fraction of sp³-hybridized carbons (Fsp3) is 0.219. The van der Waals surface area contributed by atoms with Gasteiger partial charge < -0.3 is 5.32 Å². The van der Waals surface area contributed by atoms with Crippen molar-refractivity contribution in [2.75, 3.05) is 0 Å². The maximum Gasteiger partial charge on any atom is 0.252 e. The lowest BCUT2D eigenvalue weighted by Crippen LogP contribution is -2.33. The predicted molar refractivity (Wildman–Crippen MR) is 150 cm³/mol. The molecule has 0 radical (unpaired) electrons. The SMILES string of the molecule is CCc1ccc(-n2ncc(-c3cc(C(=O)N[C@@H](C)CCc4ccccc4)c4ccccc4n3)c2C)cc1. The van der Waals surface area contributed by atoms with Crippen molar-refractivity contribution in [2.24, 2.45) is 0 Å². The molecular formula is C32H32N4O. The number of nitrogens with one attached hydrogen (secondary N) is 1. The van der Waals surface area contributed by atoms with Crippen molar-refractivity contribution in [3.05, 3.63) is 114 Å². The summed E-state index contributed by atoms with van der Waals surface area (Å²) in [7, 11) is 0. The molecule has 1 N–H and O–H groups in total. The van der Waals surface area contributed by atoms with E-state index >= 15 is 0 Å². The molecule has 5 rings (SSSR count). The molecule has 0 fully saturated rings. The molecule has 0 bridgehead atoms. The Kier molecular flexibility index (Phi) is 7.13. The summed E-state index contributed by atoms with van der Waals surface area (Å²) in [5.74, 6) is -0.0828. The maximum atomic E-state index is 13.5. The third-order valence-electron chi connectivity index (χ3n) is 6.92. The van der Waals surface area contributed by atoms with Crippen molar-refractivity contribution >= 4 is 16.8 Å². The largest absolute Gasteiger partial charge is 0.350 e. The van der Waals surface area contributed by atoms with E-state index in [2.05, 4.69) is 60.7 Å². The molecule has 1 amide bonds. The minimum atomic E-state index is -0.0828. The summed E-state index contributed by atoms with van der Waals surface area (Å²) in [4.78, 5) is 18.4. The van der Waals surface area contributed by atoms with E-state index in [-0.39, 0.29) is 11.9 Å². The number of carbonyl (C=O) groups is 1. The fourth-order valence-corrected chi connectivity index (χ4v) is 4.70. The van der Waals surface area contributed by atoms with Gasteiger partial charge in [0.1, 0.15) is 0 Å². The Hall–Kier alpha value is -4.25. The van der Waals surface area contributed by atoms with Crippen LogP contribution >= 0.6 is 0 Å². The molecule has 0 unspecified atom stereocenters. The number of aryl methyl sites for hydroxylation is 2.